The largest absolute Gasteiger partial charge is 0.459 e. The highest BCUT2D eigenvalue weighted by Crippen LogP contribution is 2.34. The van der Waals surface area contributed by atoms with Crippen molar-refractivity contribution in [1.82, 2.24) is 10.2 Å². The minimum absolute atomic E-state index is 0.130. The molecule has 0 aromatic rings. The summed E-state index contributed by atoms with van der Waals surface area (Å²) in [4.78, 5) is 36.4. The van der Waals surface area contributed by atoms with Crippen LogP contribution in [-0.4, -0.2) is 41.5 Å². The minimum atomic E-state index is -0.798. The normalized spacial score (nSPS) is 20.8. The van der Waals surface area contributed by atoms with Gasteiger partial charge in [-0.05, 0) is 12.8 Å². The SMILES string of the molecule is C=C(Cl)COC(=O)CN1C(=O)NC2(CCCC2)C1=O. The number of carbonyl (C=O) groups excluding carboxylic acids is 3. The molecule has 0 aromatic carbocycles. The lowest BCUT2D eigenvalue weighted by molar-refractivity contribution is -0.146. The van der Waals surface area contributed by atoms with Crippen molar-refractivity contribution in [2.24, 2.45) is 0 Å². The van der Waals surface area contributed by atoms with Crippen molar-refractivity contribution in [2.45, 2.75) is 31.2 Å². The van der Waals surface area contributed by atoms with Gasteiger partial charge in [-0.15, -0.1) is 0 Å². The molecule has 0 aromatic heterocycles. The van der Waals surface area contributed by atoms with E-state index in [0.717, 1.165) is 17.7 Å². The van der Waals surface area contributed by atoms with Gasteiger partial charge in [0.15, 0.2) is 0 Å². The van der Waals surface area contributed by atoms with Crippen LogP contribution in [0.4, 0.5) is 4.79 Å². The van der Waals surface area contributed by atoms with Gasteiger partial charge < -0.3 is 10.1 Å². The van der Waals surface area contributed by atoms with Crippen molar-refractivity contribution < 1.29 is 19.1 Å². The Labute approximate surface area is 115 Å². The summed E-state index contributed by atoms with van der Waals surface area (Å²) in [6.45, 7) is 2.85. The number of nitrogens with zero attached hydrogens (tertiary/aromatic N) is 1. The first-order valence-corrected chi connectivity index (χ1v) is 6.45. The molecule has 19 heavy (non-hydrogen) atoms. The second kappa shape index (κ2) is 5.21. The summed E-state index contributed by atoms with van der Waals surface area (Å²) in [6, 6.07) is -0.534. The fraction of sp³-hybridized carbons (Fsp3) is 0.583. The highest BCUT2D eigenvalue weighted by Gasteiger charge is 2.52. The van der Waals surface area contributed by atoms with Crippen LogP contribution in [0.3, 0.4) is 0 Å². The van der Waals surface area contributed by atoms with Crippen molar-refractivity contribution in [3.63, 3.8) is 0 Å². The summed E-state index contributed by atoms with van der Waals surface area (Å²) in [6.07, 6.45) is 3.05. The second-order valence-corrected chi connectivity index (χ2v) is 5.32. The Morgan fingerprint density at radius 2 is 2.05 bits per heavy atom. The standard InChI is InChI=1S/C12H15ClN2O4/c1-8(13)7-19-9(16)6-15-10(17)12(14-11(15)18)4-2-3-5-12/h1-7H2,(H,14,18). The minimum Gasteiger partial charge on any atom is -0.459 e. The fourth-order valence-corrected chi connectivity index (χ4v) is 2.53. The molecule has 2 fully saturated rings. The molecule has 104 valence electrons. The van der Waals surface area contributed by atoms with Crippen LogP contribution in [0, 0.1) is 0 Å². The number of halogens is 1. The first-order valence-electron chi connectivity index (χ1n) is 6.08. The molecule has 0 radical (unpaired) electrons. The van der Waals surface area contributed by atoms with Crippen LogP contribution < -0.4 is 5.32 Å². The Bertz CT molecular complexity index is 443. The molecule has 1 aliphatic heterocycles. The average molecular weight is 287 g/mol. The van der Waals surface area contributed by atoms with Crippen LogP contribution in [0.1, 0.15) is 25.7 Å². The van der Waals surface area contributed by atoms with E-state index in [1.165, 1.54) is 0 Å². The number of amides is 3. The van der Waals surface area contributed by atoms with Gasteiger partial charge in [-0.25, -0.2) is 4.79 Å². The van der Waals surface area contributed by atoms with Crippen LogP contribution in [-0.2, 0) is 14.3 Å². The number of esters is 1. The number of rotatable bonds is 4. The summed E-state index contributed by atoms with van der Waals surface area (Å²) in [7, 11) is 0. The third kappa shape index (κ3) is 2.73. The number of urea groups is 1. The van der Waals surface area contributed by atoms with Crippen molar-refractivity contribution in [1.29, 1.82) is 0 Å². The molecule has 7 heteroatoms. The molecule has 1 aliphatic carbocycles. The number of nitrogens with one attached hydrogen (secondary N) is 1. The molecule has 1 N–H and O–H groups in total. The van der Waals surface area contributed by atoms with Crippen LogP contribution in [0.25, 0.3) is 0 Å². The molecule has 2 rings (SSSR count). The lowest BCUT2D eigenvalue weighted by atomic mass is 9.98. The molecule has 1 saturated heterocycles. The van der Waals surface area contributed by atoms with Gasteiger partial charge in [0.25, 0.3) is 5.91 Å². The van der Waals surface area contributed by atoms with Crippen LogP contribution in [0.2, 0.25) is 0 Å². The predicted octanol–water partition coefficient (Wildman–Crippen LogP) is 1.15. The quantitative estimate of drug-likeness (QED) is 0.621. The molecular formula is C12H15ClN2O4. The van der Waals surface area contributed by atoms with Gasteiger partial charge in [0.2, 0.25) is 0 Å². The summed E-state index contributed by atoms with van der Waals surface area (Å²) < 4.78 is 4.77. The van der Waals surface area contributed by atoms with Crippen molar-refractivity contribution in [3.05, 3.63) is 11.6 Å². The highest BCUT2D eigenvalue weighted by atomic mass is 35.5. The zero-order chi connectivity index (χ0) is 14.0. The van der Waals surface area contributed by atoms with Crippen molar-refractivity contribution in [3.8, 4) is 0 Å². The lowest BCUT2D eigenvalue weighted by Crippen LogP contribution is -2.44. The zero-order valence-electron chi connectivity index (χ0n) is 10.4. The van der Waals surface area contributed by atoms with E-state index in [9.17, 15) is 14.4 Å². The molecule has 3 amide bonds. The third-order valence-electron chi connectivity index (χ3n) is 3.38. The Hall–Kier alpha value is -1.56. The topological polar surface area (TPSA) is 75.7 Å². The van der Waals surface area contributed by atoms with Gasteiger partial charge >= 0.3 is 12.0 Å². The molecule has 0 atom stereocenters. The number of hydrogen-bond acceptors (Lipinski definition) is 4. The Morgan fingerprint density at radius 3 is 2.63 bits per heavy atom. The van der Waals surface area contributed by atoms with Gasteiger partial charge in [0.05, 0.1) is 0 Å². The van der Waals surface area contributed by atoms with Crippen LogP contribution in [0.5, 0.6) is 0 Å². The lowest BCUT2D eigenvalue weighted by Gasteiger charge is -2.19. The van der Waals surface area contributed by atoms with E-state index in [1.807, 2.05) is 0 Å². The first kappa shape index (κ1) is 13.9. The fourth-order valence-electron chi connectivity index (χ4n) is 2.47. The number of ether oxygens (including phenoxy) is 1. The summed E-state index contributed by atoms with van der Waals surface area (Å²) in [5.74, 6) is -1.02. The van der Waals surface area contributed by atoms with E-state index in [2.05, 4.69) is 11.9 Å². The Morgan fingerprint density at radius 1 is 1.42 bits per heavy atom. The molecule has 0 unspecified atom stereocenters. The van der Waals surface area contributed by atoms with E-state index in [4.69, 9.17) is 16.3 Å². The zero-order valence-corrected chi connectivity index (χ0v) is 11.2. The maximum absolute atomic E-state index is 12.2. The number of carbonyl (C=O) groups is 3. The van der Waals surface area contributed by atoms with Gasteiger partial charge in [0, 0.05) is 5.03 Å². The van der Waals surface area contributed by atoms with Gasteiger partial charge in [0.1, 0.15) is 18.7 Å². The Balaban J connectivity index is 1.97. The van der Waals surface area contributed by atoms with Gasteiger partial charge in [-0.2, -0.15) is 0 Å². The molecule has 2 aliphatic rings. The second-order valence-electron chi connectivity index (χ2n) is 4.79. The molecule has 1 saturated carbocycles. The van der Waals surface area contributed by atoms with Crippen LogP contribution >= 0.6 is 11.6 Å². The van der Waals surface area contributed by atoms with E-state index in [-0.39, 0.29) is 17.5 Å². The van der Waals surface area contributed by atoms with E-state index >= 15 is 0 Å². The predicted molar refractivity (Wildman–Crippen MR) is 67.4 cm³/mol. The summed E-state index contributed by atoms with van der Waals surface area (Å²) >= 11 is 5.46. The number of hydrogen-bond donors (Lipinski definition) is 1. The van der Waals surface area contributed by atoms with Crippen molar-refractivity contribution >= 4 is 29.5 Å². The molecule has 1 heterocycles. The average Bonchev–Trinajstić information content (AvgIpc) is 2.89. The third-order valence-corrected chi connectivity index (χ3v) is 3.49. The summed E-state index contributed by atoms with van der Waals surface area (Å²) in [5.41, 5.74) is -0.798. The number of imide groups is 1. The Kier molecular flexibility index (Phi) is 3.80. The highest BCUT2D eigenvalue weighted by molar-refractivity contribution is 6.29. The molecule has 1 spiro atoms. The monoisotopic (exact) mass is 286 g/mol. The molecular weight excluding hydrogens is 272 g/mol. The molecule has 6 nitrogen and oxygen atoms in total. The maximum Gasteiger partial charge on any atom is 0.326 e. The van der Waals surface area contributed by atoms with E-state index in [0.29, 0.717) is 12.8 Å². The van der Waals surface area contributed by atoms with Crippen LogP contribution in [0.15, 0.2) is 11.6 Å². The first-order chi connectivity index (χ1) is 8.94. The van der Waals surface area contributed by atoms with Crippen molar-refractivity contribution in [2.75, 3.05) is 13.2 Å². The molecule has 0 bridgehead atoms. The smallest absolute Gasteiger partial charge is 0.326 e. The summed E-state index contributed by atoms with van der Waals surface area (Å²) in [5, 5.41) is 2.86. The van der Waals surface area contributed by atoms with Gasteiger partial charge in [-0.1, -0.05) is 31.0 Å². The van der Waals surface area contributed by atoms with Gasteiger partial charge in [-0.3, -0.25) is 14.5 Å². The van der Waals surface area contributed by atoms with E-state index in [1.54, 1.807) is 0 Å². The van der Waals surface area contributed by atoms with E-state index < -0.39 is 24.1 Å². The maximum atomic E-state index is 12.2.